The molecule has 1 N–H and O–H groups in total. The van der Waals surface area contributed by atoms with Crippen molar-refractivity contribution in [2.45, 2.75) is 39.2 Å². The zero-order chi connectivity index (χ0) is 18.3. The molecule has 0 aliphatic heterocycles. The maximum atomic E-state index is 12.0. The van der Waals surface area contributed by atoms with Crippen molar-refractivity contribution in [2.24, 2.45) is 0 Å². The first-order valence-corrected chi connectivity index (χ1v) is 10.0. The van der Waals surface area contributed by atoms with Gasteiger partial charge in [-0.1, -0.05) is 18.5 Å². The molecule has 6 nitrogen and oxygen atoms in total. The standard InChI is InChI=1S/C16H25ClN2O4S/c1-5-12(2)18-16(20)7-6-10-19(24(4,21)22)13-8-9-15(23-3)14(17)11-13/h8-9,11-12H,5-7,10H2,1-4H3,(H,18,20)/t12-/m0/s1. The molecule has 0 heterocycles. The highest BCUT2D eigenvalue weighted by atomic mass is 35.5. The van der Waals surface area contributed by atoms with E-state index in [1.165, 1.54) is 11.4 Å². The van der Waals surface area contributed by atoms with Gasteiger partial charge < -0.3 is 10.1 Å². The molecule has 1 aromatic rings. The summed E-state index contributed by atoms with van der Waals surface area (Å²) in [6, 6.07) is 4.90. The molecule has 0 bridgehead atoms. The molecule has 0 saturated heterocycles. The van der Waals surface area contributed by atoms with Crippen LogP contribution in [0, 0.1) is 0 Å². The van der Waals surface area contributed by atoms with Crippen molar-refractivity contribution in [2.75, 3.05) is 24.2 Å². The van der Waals surface area contributed by atoms with E-state index in [4.69, 9.17) is 16.3 Å². The summed E-state index contributed by atoms with van der Waals surface area (Å²) in [4.78, 5) is 11.8. The number of anilines is 1. The number of carbonyl (C=O) groups is 1. The number of nitrogens with one attached hydrogen (secondary N) is 1. The van der Waals surface area contributed by atoms with Crippen LogP contribution in [0.15, 0.2) is 18.2 Å². The first-order valence-electron chi connectivity index (χ1n) is 7.79. The maximum absolute atomic E-state index is 12.0. The molecule has 1 amide bonds. The Morgan fingerprint density at radius 2 is 2.08 bits per heavy atom. The van der Waals surface area contributed by atoms with E-state index in [2.05, 4.69) is 5.32 Å². The Morgan fingerprint density at radius 3 is 2.58 bits per heavy atom. The number of carbonyl (C=O) groups excluding carboxylic acids is 1. The molecule has 0 aliphatic carbocycles. The summed E-state index contributed by atoms with van der Waals surface area (Å²) in [5, 5.41) is 3.19. The largest absolute Gasteiger partial charge is 0.495 e. The predicted molar refractivity (Wildman–Crippen MR) is 97.3 cm³/mol. The van der Waals surface area contributed by atoms with Gasteiger partial charge in [-0.15, -0.1) is 0 Å². The van der Waals surface area contributed by atoms with Crippen molar-refractivity contribution in [3.63, 3.8) is 0 Å². The van der Waals surface area contributed by atoms with Crippen LogP contribution in [0.2, 0.25) is 5.02 Å². The molecule has 0 spiro atoms. The molecule has 0 unspecified atom stereocenters. The number of hydrogen-bond acceptors (Lipinski definition) is 4. The van der Waals surface area contributed by atoms with Gasteiger partial charge in [-0.2, -0.15) is 0 Å². The summed E-state index contributed by atoms with van der Waals surface area (Å²) in [5.74, 6) is 0.396. The average molecular weight is 377 g/mol. The van der Waals surface area contributed by atoms with Crippen LogP contribution in [0.3, 0.4) is 0 Å². The van der Waals surface area contributed by atoms with E-state index in [9.17, 15) is 13.2 Å². The summed E-state index contributed by atoms with van der Waals surface area (Å²) in [5.41, 5.74) is 0.450. The van der Waals surface area contributed by atoms with E-state index in [0.29, 0.717) is 22.9 Å². The molecular weight excluding hydrogens is 352 g/mol. The molecule has 1 rings (SSSR count). The zero-order valence-corrected chi connectivity index (χ0v) is 16.1. The van der Waals surface area contributed by atoms with Crippen molar-refractivity contribution in [1.82, 2.24) is 5.32 Å². The minimum absolute atomic E-state index is 0.0782. The van der Waals surface area contributed by atoms with Gasteiger partial charge in [0, 0.05) is 19.0 Å². The molecule has 0 aliphatic rings. The maximum Gasteiger partial charge on any atom is 0.232 e. The van der Waals surface area contributed by atoms with Crippen LogP contribution in [0.25, 0.3) is 0 Å². The van der Waals surface area contributed by atoms with Gasteiger partial charge in [-0.05, 0) is 38.0 Å². The Balaban J connectivity index is 2.78. The number of amides is 1. The monoisotopic (exact) mass is 376 g/mol. The fourth-order valence-corrected chi connectivity index (χ4v) is 3.34. The zero-order valence-electron chi connectivity index (χ0n) is 14.5. The fourth-order valence-electron chi connectivity index (χ4n) is 2.13. The van der Waals surface area contributed by atoms with E-state index in [-0.39, 0.29) is 24.9 Å². The lowest BCUT2D eigenvalue weighted by atomic mass is 10.2. The van der Waals surface area contributed by atoms with Gasteiger partial charge in [0.05, 0.1) is 24.1 Å². The third-order valence-electron chi connectivity index (χ3n) is 3.61. The molecule has 0 aromatic heterocycles. The average Bonchev–Trinajstić information content (AvgIpc) is 2.50. The van der Waals surface area contributed by atoms with Gasteiger partial charge in [0.25, 0.3) is 0 Å². The number of nitrogens with zero attached hydrogens (tertiary/aromatic N) is 1. The van der Waals surface area contributed by atoms with Gasteiger partial charge in [-0.3, -0.25) is 9.10 Å². The SMILES string of the molecule is CC[C@H](C)NC(=O)CCCN(c1ccc(OC)c(Cl)c1)S(C)(=O)=O. The molecule has 0 radical (unpaired) electrons. The van der Waals surface area contributed by atoms with E-state index < -0.39 is 10.0 Å². The number of ether oxygens (including phenoxy) is 1. The van der Waals surface area contributed by atoms with Crippen molar-refractivity contribution >= 4 is 33.2 Å². The first-order chi connectivity index (χ1) is 11.2. The molecule has 0 fully saturated rings. The minimum Gasteiger partial charge on any atom is -0.495 e. The van der Waals surface area contributed by atoms with Crippen LogP contribution < -0.4 is 14.4 Å². The number of halogens is 1. The normalized spacial score (nSPS) is 12.5. The number of rotatable bonds is 9. The molecule has 1 aromatic carbocycles. The minimum atomic E-state index is -3.48. The van der Waals surface area contributed by atoms with Crippen molar-refractivity contribution in [1.29, 1.82) is 0 Å². The summed E-state index contributed by atoms with van der Waals surface area (Å²) in [6.45, 7) is 4.12. The molecule has 8 heteroatoms. The predicted octanol–water partition coefficient (Wildman–Crippen LogP) is 2.81. The molecule has 1 atom stereocenters. The van der Waals surface area contributed by atoms with Gasteiger partial charge in [0.15, 0.2) is 0 Å². The van der Waals surface area contributed by atoms with E-state index in [1.54, 1.807) is 18.2 Å². The highest BCUT2D eigenvalue weighted by molar-refractivity contribution is 7.92. The Bertz CT molecular complexity index is 664. The number of sulfonamides is 1. The Kier molecular flexibility index (Phi) is 7.83. The van der Waals surface area contributed by atoms with Crippen LogP contribution in [0.4, 0.5) is 5.69 Å². The summed E-state index contributed by atoms with van der Waals surface area (Å²) in [6.07, 6.45) is 2.66. The molecular formula is C16H25ClN2O4S. The molecule has 24 heavy (non-hydrogen) atoms. The topological polar surface area (TPSA) is 75.7 Å². The Morgan fingerprint density at radius 1 is 1.42 bits per heavy atom. The first kappa shape index (κ1) is 20.6. The third kappa shape index (κ3) is 6.20. The van der Waals surface area contributed by atoms with Crippen LogP contribution in [0.5, 0.6) is 5.75 Å². The van der Waals surface area contributed by atoms with E-state index >= 15 is 0 Å². The second-order valence-corrected chi connectivity index (χ2v) is 7.95. The van der Waals surface area contributed by atoms with Gasteiger partial charge in [0.1, 0.15) is 5.75 Å². The van der Waals surface area contributed by atoms with Gasteiger partial charge >= 0.3 is 0 Å². The van der Waals surface area contributed by atoms with Crippen LogP contribution >= 0.6 is 11.6 Å². The lowest BCUT2D eigenvalue weighted by Crippen LogP contribution is -2.34. The van der Waals surface area contributed by atoms with Crippen molar-refractivity contribution < 1.29 is 17.9 Å². The van der Waals surface area contributed by atoms with Gasteiger partial charge in [-0.25, -0.2) is 8.42 Å². The Labute approximate surface area is 149 Å². The van der Waals surface area contributed by atoms with E-state index in [0.717, 1.165) is 12.7 Å². The summed E-state index contributed by atoms with van der Waals surface area (Å²) in [7, 11) is -1.99. The van der Waals surface area contributed by atoms with E-state index in [1.807, 2.05) is 13.8 Å². The number of hydrogen-bond donors (Lipinski definition) is 1. The smallest absolute Gasteiger partial charge is 0.232 e. The van der Waals surface area contributed by atoms with Crippen molar-refractivity contribution in [3.05, 3.63) is 23.2 Å². The number of methoxy groups -OCH3 is 1. The van der Waals surface area contributed by atoms with Crippen molar-refractivity contribution in [3.8, 4) is 5.75 Å². The highest BCUT2D eigenvalue weighted by Gasteiger charge is 2.19. The van der Waals surface area contributed by atoms with Gasteiger partial charge in [0.2, 0.25) is 15.9 Å². The third-order valence-corrected chi connectivity index (χ3v) is 5.10. The second kappa shape index (κ2) is 9.13. The van der Waals surface area contributed by atoms with Crippen LogP contribution in [-0.4, -0.2) is 40.3 Å². The quantitative estimate of drug-likeness (QED) is 0.719. The second-order valence-electron chi connectivity index (χ2n) is 5.63. The summed E-state index contributed by atoms with van der Waals surface area (Å²) < 4.78 is 30.4. The fraction of sp³-hybridized carbons (Fsp3) is 0.562. The lowest BCUT2D eigenvalue weighted by molar-refractivity contribution is -0.121. The van der Waals surface area contributed by atoms with Crippen LogP contribution in [-0.2, 0) is 14.8 Å². The van der Waals surface area contributed by atoms with Crippen LogP contribution in [0.1, 0.15) is 33.1 Å². The molecule has 136 valence electrons. The Hall–Kier alpha value is -1.47. The summed E-state index contributed by atoms with van der Waals surface area (Å²) >= 11 is 6.07. The lowest BCUT2D eigenvalue weighted by Gasteiger charge is -2.23. The highest BCUT2D eigenvalue weighted by Crippen LogP contribution is 2.30. The molecule has 0 saturated carbocycles. The number of benzene rings is 1.